The number of aromatic nitrogens is 2. The number of rotatable bonds is 2. The van der Waals surface area contributed by atoms with Crippen molar-refractivity contribution in [2.75, 3.05) is 19.6 Å². The van der Waals surface area contributed by atoms with E-state index in [4.69, 9.17) is 11.6 Å². The van der Waals surface area contributed by atoms with Gasteiger partial charge in [0.25, 0.3) is 0 Å². The van der Waals surface area contributed by atoms with Crippen molar-refractivity contribution in [3.05, 3.63) is 23.2 Å². The molecule has 2 saturated heterocycles. The largest absolute Gasteiger partial charge is 0.316 e. The molecule has 3 heterocycles. The summed E-state index contributed by atoms with van der Waals surface area (Å²) >= 11 is 5.68. The van der Waals surface area contributed by atoms with Gasteiger partial charge in [-0.15, -0.1) is 0 Å². The first kappa shape index (κ1) is 11.4. The van der Waals surface area contributed by atoms with Gasteiger partial charge in [-0.05, 0) is 24.6 Å². The molecule has 1 N–H and O–H groups in total. The van der Waals surface area contributed by atoms with Crippen LogP contribution in [-0.2, 0) is 6.54 Å². The lowest BCUT2D eigenvalue weighted by Crippen LogP contribution is -2.69. The molecule has 0 aliphatic carbocycles. The second-order valence-corrected chi connectivity index (χ2v) is 5.74. The highest BCUT2D eigenvalue weighted by atomic mass is 35.5. The molecule has 4 nitrogen and oxygen atoms in total. The zero-order valence-corrected chi connectivity index (χ0v) is 10.7. The Hall–Kier alpha value is -0.710. The minimum Gasteiger partial charge on any atom is -0.316 e. The highest BCUT2D eigenvalue weighted by Gasteiger charge is 2.49. The Morgan fingerprint density at radius 2 is 2.29 bits per heavy atom. The molecule has 0 radical (unpaired) electrons. The molecule has 1 aromatic heterocycles. The van der Waals surface area contributed by atoms with Crippen molar-refractivity contribution >= 4 is 11.6 Å². The number of piperidine rings is 1. The summed E-state index contributed by atoms with van der Waals surface area (Å²) in [6, 6.07) is 0.708. The quantitative estimate of drug-likeness (QED) is 0.806. The number of fused-ring (bicyclic) bond motifs is 1. The van der Waals surface area contributed by atoms with Crippen molar-refractivity contribution in [3.63, 3.8) is 0 Å². The molecule has 1 aromatic rings. The molecule has 0 bridgehead atoms. The zero-order valence-electron chi connectivity index (χ0n) is 9.99. The molecule has 0 amide bonds. The van der Waals surface area contributed by atoms with Crippen molar-refractivity contribution < 1.29 is 0 Å². The minimum absolute atomic E-state index is 0.323. The Morgan fingerprint density at radius 3 is 3.00 bits per heavy atom. The molecule has 92 valence electrons. The fraction of sp³-hybridized carbons (Fsp3) is 0.667. The summed E-state index contributed by atoms with van der Waals surface area (Å²) in [7, 11) is 0. The van der Waals surface area contributed by atoms with Crippen LogP contribution in [0, 0.1) is 5.41 Å². The van der Waals surface area contributed by atoms with E-state index in [2.05, 4.69) is 27.1 Å². The summed E-state index contributed by atoms with van der Waals surface area (Å²) in [5.74, 6) is 0. The van der Waals surface area contributed by atoms with Crippen LogP contribution < -0.4 is 5.32 Å². The lowest BCUT2D eigenvalue weighted by atomic mass is 9.69. The number of likely N-dealkylation sites (tertiary alicyclic amines) is 1. The van der Waals surface area contributed by atoms with Crippen LogP contribution in [0.1, 0.15) is 18.9 Å². The number of nitrogens with zero attached hydrogens (tertiary/aromatic N) is 3. The Balaban J connectivity index is 1.66. The van der Waals surface area contributed by atoms with E-state index < -0.39 is 0 Å². The molecule has 2 aliphatic rings. The molecule has 2 aliphatic heterocycles. The van der Waals surface area contributed by atoms with Crippen LogP contribution >= 0.6 is 11.6 Å². The number of hydrogen-bond donors (Lipinski definition) is 1. The number of nitrogens with one attached hydrogen (secondary N) is 1. The smallest absolute Gasteiger partial charge is 0.222 e. The Bertz CT molecular complexity index is 407. The second kappa shape index (κ2) is 4.19. The molecular formula is C12H17ClN4. The molecule has 0 spiro atoms. The Labute approximate surface area is 106 Å². The van der Waals surface area contributed by atoms with Gasteiger partial charge in [0.05, 0.1) is 0 Å². The fourth-order valence-electron chi connectivity index (χ4n) is 3.15. The topological polar surface area (TPSA) is 41.0 Å². The lowest BCUT2D eigenvalue weighted by molar-refractivity contribution is -0.0852. The Kier molecular flexibility index (Phi) is 2.81. The van der Waals surface area contributed by atoms with Gasteiger partial charge in [-0.25, -0.2) is 9.97 Å². The van der Waals surface area contributed by atoms with E-state index in [0.717, 1.165) is 31.7 Å². The molecular weight excluding hydrogens is 236 g/mol. The maximum absolute atomic E-state index is 5.68. The summed E-state index contributed by atoms with van der Waals surface area (Å²) < 4.78 is 0. The monoisotopic (exact) mass is 252 g/mol. The third-order valence-corrected chi connectivity index (χ3v) is 4.19. The van der Waals surface area contributed by atoms with Gasteiger partial charge in [0.2, 0.25) is 5.28 Å². The average molecular weight is 253 g/mol. The van der Waals surface area contributed by atoms with E-state index in [1.54, 1.807) is 0 Å². The maximum atomic E-state index is 5.68. The summed E-state index contributed by atoms with van der Waals surface area (Å²) in [5.41, 5.74) is 1.61. The summed E-state index contributed by atoms with van der Waals surface area (Å²) in [4.78, 5) is 10.6. The van der Waals surface area contributed by atoms with Gasteiger partial charge in [-0.1, -0.05) is 6.92 Å². The molecule has 2 atom stereocenters. The SMILES string of the molecule is C[C@]12CNCC[C@H]1N(Cc1cnc(Cl)nc1)C2. The standard InChI is InChI=1S/C12H17ClN4/c1-12-7-14-3-2-10(12)17(8-12)6-9-4-15-11(13)16-5-9/h4-5,10,14H,2-3,6-8H2,1H3/t10-,12-/m1/s1. The van der Waals surface area contributed by atoms with E-state index in [9.17, 15) is 0 Å². The average Bonchev–Trinajstić information content (AvgIpc) is 2.30. The first-order valence-electron chi connectivity index (χ1n) is 6.09. The molecule has 3 rings (SSSR count). The normalized spacial score (nSPS) is 32.9. The predicted octanol–water partition coefficient (Wildman–Crippen LogP) is 1.31. The van der Waals surface area contributed by atoms with Crippen LogP contribution in [0.3, 0.4) is 0 Å². The van der Waals surface area contributed by atoms with Gasteiger partial charge < -0.3 is 5.32 Å². The van der Waals surface area contributed by atoms with E-state index >= 15 is 0 Å². The van der Waals surface area contributed by atoms with E-state index in [-0.39, 0.29) is 0 Å². The summed E-state index contributed by atoms with van der Waals surface area (Å²) in [5, 5.41) is 3.80. The highest BCUT2D eigenvalue weighted by Crippen LogP contribution is 2.41. The van der Waals surface area contributed by atoms with Gasteiger partial charge in [-0.3, -0.25) is 4.90 Å². The molecule has 0 saturated carbocycles. The first-order valence-corrected chi connectivity index (χ1v) is 6.46. The van der Waals surface area contributed by atoms with Crippen LogP contribution in [0.15, 0.2) is 12.4 Å². The molecule has 5 heteroatoms. The summed E-state index contributed by atoms with van der Waals surface area (Å²) in [6.45, 7) is 6.75. The second-order valence-electron chi connectivity index (χ2n) is 5.40. The van der Waals surface area contributed by atoms with Gasteiger partial charge in [-0.2, -0.15) is 0 Å². The van der Waals surface area contributed by atoms with Crippen LogP contribution in [0.25, 0.3) is 0 Å². The number of hydrogen-bond acceptors (Lipinski definition) is 4. The molecule has 0 aromatic carbocycles. The van der Waals surface area contributed by atoms with Gasteiger partial charge in [0.1, 0.15) is 0 Å². The van der Waals surface area contributed by atoms with Crippen LogP contribution in [0.4, 0.5) is 0 Å². The van der Waals surface area contributed by atoms with Gasteiger partial charge in [0, 0.05) is 49.0 Å². The van der Waals surface area contributed by atoms with Crippen LogP contribution in [-0.4, -0.2) is 40.5 Å². The molecule has 0 unspecified atom stereocenters. The fourth-order valence-corrected chi connectivity index (χ4v) is 3.24. The third kappa shape index (κ3) is 2.05. The number of halogens is 1. The van der Waals surface area contributed by atoms with Crippen molar-refractivity contribution in [2.45, 2.75) is 25.9 Å². The van der Waals surface area contributed by atoms with Crippen LogP contribution in [0.2, 0.25) is 5.28 Å². The van der Waals surface area contributed by atoms with E-state index in [0.29, 0.717) is 16.7 Å². The van der Waals surface area contributed by atoms with E-state index in [1.165, 1.54) is 6.42 Å². The highest BCUT2D eigenvalue weighted by molar-refractivity contribution is 6.28. The van der Waals surface area contributed by atoms with Gasteiger partial charge in [0.15, 0.2) is 0 Å². The van der Waals surface area contributed by atoms with E-state index in [1.807, 2.05) is 12.4 Å². The predicted molar refractivity (Wildman–Crippen MR) is 66.8 cm³/mol. The van der Waals surface area contributed by atoms with Gasteiger partial charge >= 0.3 is 0 Å². The van der Waals surface area contributed by atoms with Crippen molar-refractivity contribution in [1.82, 2.24) is 20.2 Å². The minimum atomic E-state index is 0.323. The molecule has 17 heavy (non-hydrogen) atoms. The van der Waals surface area contributed by atoms with Crippen LogP contribution in [0.5, 0.6) is 0 Å². The first-order chi connectivity index (χ1) is 8.17. The Morgan fingerprint density at radius 1 is 1.53 bits per heavy atom. The molecule has 2 fully saturated rings. The lowest BCUT2D eigenvalue weighted by Gasteiger charge is -2.58. The maximum Gasteiger partial charge on any atom is 0.222 e. The van der Waals surface area contributed by atoms with Crippen molar-refractivity contribution in [1.29, 1.82) is 0 Å². The zero-order chi connectivity index (χ0) is 11.9. The summed E-state index contributed by atoms with van der Waals surface area (Å²) in [6.07, 6.45) is 4.89. The van der Waals surface area contributed by atoms with Crippen molar-refractivity contribution in [2.24, 2.45) is 5.41 Å². The third-order valence-electron chi connectivity index (χ3n) is 3.99. The van der Waals surface area contributed by atoms with Crippen molar-refractivity contribution in [3.8, 4) is 0 Å².